The fourth-order valence-corrected chi connectivity index (χ4v) is 2.58. The lowest BCUT2D eigenvalue weighted by Crippen LogP contribution is -2.32. The zero-order valence-electron chi connectivity index (χ0n) is 13.1. The molecule has 1 amide bonds. The maximum Gasteiger partial charge on any atom is 0.221 e. The first-order chi connectivity index (χ1) is 10.7. The van der Waals surface area contributed by atoms with Gasteiger partial charge in [0.25, 0.3) is 0 Å². The number of nitrogens with one attached hydrogen (secondary N) is 2. The summed E-state index contributed by atoms with van der Waals surface area (Å²) in [5.74, 6) is 1.57. The van der Waals surface area contributed by atoms with E-state index in [0.29, 0.717) is 25.3 Å². The molecule has 1 saturated heterocycles. The molecular formula is C15H25N5O2. The highest BCUT2D eigenvalue weighted by Crippen LogP contribution is 2.24. The van der Waals surface area contributed by atoms with E-state index in [9.17, 15) is 9.90 Å². The number of carbonyl (C=O) groups is 1. The second-order valence-corrected chi connectivity index (χ2v) is 5.46. The Morgan fingerprint density at radius 3 is 3.09 bits per heavy atom. The Morgan fingerprint density at radius 2 is 2.32 bits per heavy atom. The molecule has 0 aromatic carbocycles. The molecule has 0 aliphatic carbocycles. The monoisotopic (exact) mass is 307 g/mol. The summed E-state index contributed by atoms with van der Waals surface area (Å²) in [6, 6.07) is 2.01. The summed E-state index contributed by atoms with van der Waals surface area (Å²) in [5.41, 5.74) is 0. The zero-order valence-corrected chi connectivity index (χ0v) is 13.1. The molecule has 3 N–H and O–H groups in total. The molecule has 122 valence electrons. The first-order valence-corrected chi connectivity index (χ1v) is 7.94. The first-order valence-electron chi connectivity index (χ1n) is 7.94. The topological polar surface area (TPSA) is 90.4 Å². The van der Waals surface area contributed by atoms with Gasteiger partial charge in [-0.2, -0.15) is 0 Å². The molecule has 2 heterocycles. The highest BCUT2D eigenvalue weighted by Gasteiger charge is 2.25. The Balaban J connectivity index is 1.85. The van der Waals surface area contributed by atoms with Gasteiger partial charge < -0.3 is 20.6 Å². The van der Waals surface area contributed by atoms with Gasteiger partial charge in [0.05, 0.1) is 12.6 Å². The minimum Gasteiger partial charge on any atom is -0.394 e. The van der Waals surface area contributed by atoms with Crippen LogP contribution in [-0.2, 0) is 4.79 Å². The molecule has 0 bridgehead atoms. The Hall–Kier alpha value is -1.89. The van der Waals surface area contributed by atoms with E-state index < -0.39 is 0 Å². The number of rotatable bonds is 8. The fraction of sp³-hybridized carbons (Fsp3) is 0.667. The molecule has 7 heteroatoms. The summed E-state index contributed by atoms with van der Waals surface area (Å²) in [4.78, 5) is 22.1. The summed E-state index contributed by atoms with van der Waals surface area (Å²) in [5, 5.41) is 15.4. The molecule has 1 fully saturated rings. The van der Waals surface area contributed by atoms with Crippen LogP contribution in [0.5, 0.6) is 0 Å². The van der Waals surface area contributed by atoms with Gasteiger partial charge in [0.2, 0.25) is 5.91 Å². The largest absolute Gasteiger partial charge is 0.394 e. The van der Waals surface area contributed by atoms with Crippen molar-refractivity contribution in [3.63, 3.8) is 0 Å². The predicted octanol–water partition coefficient (Wildman–Crippen LogP) is 0.766. The van der Waals surface area contributed by atoms with E-state index in [1.165, 1.54) is 6.33 Å². The Kier molecular flexibility index (Phi) is 6.39. The number of anilines is 2. The SMILES string of the molecule is CCCNC(=O)CCNc1cc(N2CCC[C@@H]2CO)ncn1. The summed E-state index contributed by atoms with van der Waals surface area (Å²) < 4.78 is 0. The maximum atomic E-state index is 11.5. The van der Waals surface area contributed by atoms with Crippen LogP contribution in [0.2, 0.25) is 0 Å². The van der Waals surface area contributed by atoms with E-state index in [1.807, 2.05) is 13.0 Å². The molecule has 1 aliphatic rings. The van der Waals surface area contributed by atoms with Crippen molar-refractivity contribution in [1.29, 1.82) is 0 Å². The number of aliphatic hydroxyl groups is 1. The number of hydrogen-bond acceptors (Lipinski definition) is 6. The second kappa shape index (κ2) is 8.53. The zero-order chi connectivity index (χ0) is 15.8. The van der Waals surface area contributed by atoms with Gasteiger partial charge in [-0.25, -0.2) is 9.97 Å². The summed E-state index contributed by atoms with van der Waals surface area (Å²) in [7, 11) is 0. The van der Waals surface area contributed by atoms with Crippen LogP contribution in [0.4, 0.5) is 11.6 Å². The predicted molar refractivity (Wildman–Crippen MR) is 85.9 cm³/mol. The molecule has 0 unspecified atom stereocenters. The average molecular weight is 307 g/mol. The number of nitrogens with zero attached hydrogens (tertiary/aromatic N) is 3. The Labute approximate surface area is 131 Å². The molecule has 22 heavy (non-hydrogen) atoms. The van der Waals surface area contributed by atoms with Crippen LogP contribution < -0.4 is 15.5 Å². The van der Waals surface area contributed by atoms with Gasteiger partial charge in [-0.15, -0.1) is 0 Å². The van der Waals surface area contributed by atoms with E-state index in [2.05, 4.69) is 25.5 Å². The van der Waals surface area contributed by atoms with Gasteiger partial charge in [0.1, 0.15) is 18.0 Å². The number of amides is 1. The smallest absolute Gasteiger partial charge is 0.221 e. The standard InChI is InChI=1S/C15H25N5O2/c1-2-6-17-15(22)5-7-16-13-9-14(19-11-18-13)20-8-3-4-12(20)10-21/h9,11-12,21H,2-8,10H2,1H3,(H,17,22)(H,16,18,19)/t12-/m1/s1. The number of aromatic nitrogens is 2. The Bertz CT molecular complexity index is 483. The van der Waals surface area contributed by atoms with Crippen LogP contribution in [-0.4, -0.2) is 53.3 Å². The van der Waals surface area contributed by atoms with E-state index in [1.54, 1.807) is 0 Å². The van der Waals surface area contributed by atoms with Crippen molar-refractivity contribution in [3.05, 3.63) is 12.4 Å². The van der Waals surface area contributed by atoms with Gasteiger partial charge >= 0.3 is 0 Å². The number of hydrogen-bond donors (Lipinski definition) is 3. The highest BCUT2D eigenvalue weighted by atomic mass is 16.3. The maximum absolute atomic E-state index is 11.5. The van der Waals surface area contributed by atoms with Gasteiger partial charge in [0.15, 0.2) is 0 Å². The van der Waals surface area contributed by atoms with Crippen LogP contribution in [0.25, 0.3) is 0 Å². The van der Waals surface area contributed by atoms with Crippen LogP contribution >= 0.6 is 0 Å². The third kappa shape index (κ3) is 4.56. The lowest BCUT2D eigenvalue weighted by Gasteiger charge is -2.24. The molecule has 1 atom stereocenters. The van der Waals surface area contributed by atoms with E-state index >= 15 is 0 Å². The van der Waals surface area contributed by atoms with Crippen LogP contribution in [0.3, 0.4) is 0 Å². The quantitative estimate of drug-likeness (QED) is 0.657. The van der Waals surface area contributed by atoms with Gasteiger partial charge in [-0.3, -0.25) is 4.79 Å². The molecule has 0 spiro atoms. The lowest BCUT2D eigenvalue weighted by molar-refractivity contribution is -0.120. The van der Waals surface area contributed by atoms with Crippen molar-refractivity contribution in [2.24, 2.45) is 0 Å². The Morgan fingerprint density at radius 1 is 1.45 bits per heavy atom. The lowest BCUT2D eigenvalue weighted by atomic mass is 10.2. The molecule has 1 aliphatic heterocycles. The van der Waals surface area contributed by atoms with Crippen molar-refractivity contribution in [2.75, 3.05) is 36.5 Å². The third-order valence-electron chi connectivity index (χ3n) is 3.77. The van der Waals surface area contributed by atoms with Crippen LogP contribution in [0.1, 0.15) is 32.6 Å². The number of carbonyl (C=O) groups excluding carboxylic acids is 1. The average Bonchev–Trinajstić information content (AvgIpc) is 3.02. The number of aliphatic hydroxyl groups excluding tert-OH is 1. The van der Waals surface area contributed by atoms with Gasteiger partial charge in [0, 0.05) is 32.1 Å². The van der Waals surface area contributed by atoms with E-state index in [-0.39, 0.29) is 18.6 Å². The first kappa shape index (κ1) is 16.5. The van der Waals surface area contributed by atoms with Crippen molar-refractivity contribution < 1.29 is 9.90 Å². The van der Waals surface area contributed by atoms with Crippen molar-refractivity contribution >= 4 is 17.5 Å². The van der Waals surface area contributed by atoms with Gasteiger partial charge in [-0.05, 0) is 19.3 Å². The fourth-order valence-electron chi connectivity index (χ4n) is 2.58. The summed E-state index contributed by atoms with van der Waals surface area (Å²) in [6.07, 6.45) is 4.93. The van der Waals surface area contributed by atoms with E-state index in [0.717, 1.165) is 31.6 Å². The summed E-state index contributed by atoms with van der Waals surface area (Å²) >= 11 is 0. The minimum absolute atomic E-state index is 0.0449. The molecule has 0 radical (unpaired) electrons. The summed E-state index contributed by atoms with van der Waals surface area (Å²) in [6.45, 7) is 4.33. The van der Waals surface area contributed by atoms with Crippen molar-refractivity contribution in [1.82, 2.24) is 15.3 Å². The molecular weight excluding hydrogens is 282 g/mol. The molecule has 1 aromatic rings. The molecule has 7 nitrogen and oxygen atoms in total. The molecule has 2 rings (SSSR count). The molecule has 0 saturated carbocycles. The van der Waals surface area contributed by atoms with Crippen LogP contribution in [0, 0.1) is 0 Å². The molecule has 1 aromatic heterocycles. The van der Waals surface area contributed by atoms with Gasteiger partial charge in [-0.1, -0.05) is 6.92 Å². The minimum atomic E-state index is 0.0449. The normalized spacial score (nSPS) is 17.5. The van der Waals surface area contributed by atoms with Crippen molar-refractivity contribution in [3.8, 4) is 0 Å². The third-order valence-corrected chi connectivity index (χ3v) is 3.77. The second-order valence-electron chi connectivity index (χ2n) is 5.46. The van der Waals surface area contributed by atoms with Crippen LogP contribution in [0.15, 0.2) is 12.4 Å². The van der Waals surface area contributed by atoms with Crippen molar-refractivity contribution in [2.45, 2.75) is 38.6 Å². The van der Waals surface area contributed by atoms with E-state index in [4.69, 9.17) is 0 Å². The highest BCUT2D eigenvalue weighted by molar-refractivity contribution is 5.76.